The first-order valence-electron chi connectivity index (χ1n) is 8.53. The molecule has 1 saturated heterocycles. The van der Waals surface area contributed by atoms with Crippen molar-refractivity contribution >= 4 is 10.8 Å². The molecule has 1 N–H and O–H groups in total. The Morgan fingerprint density at radius 1 is 1.17 bits per heavy atom. The van der Waals surface area contributed by atoms with Crippen molar-refractivity contribution in [3.63, 3.8) is 0 Å². The minimum Gasteiger partial charge on any atom is -0.388 e. The van der Waals surface area contributed by atoms with Crippen LogP contribution in [0.25, 0.3) is 0 Å². The van der Waals surface area contributed by atoms with Crippen LogP contribution in [0.2, 0.25) is 0 Å². The van der Waals surface area contributed by atoms with Gasteiger partial charge in [0.25, 0.3) is 0 Å². The fourth-order valence-corrected chi connectivity index (χ4v) is 3.98. The number of benzene rings is 2. The first-order chi connectivity index (χ1) is 11.6. The van der Waals surface area contributed by atoms with E-state index < -0.39 is 16.9 Å². The van der Waals surface area contributed by atoms with E-state index in [-0.39, 0.29) is 0 Å². The number of hydrogen-bond acceptors (Lipinski definition) is 3. The lowest BCUT2D eigenvalue weighted by molar-refractivity contribution is 0.118. The summed E-state index contributed by atoms with van der Waals surface area (Å²) in [5.41, 5.74) is 2.24. The van der Waals surface area contributed by atoms with Crippen molar-refractivity contribution in [1.82, 2.24) is 4.90 Å². The van der Waals surface area contributed by atoms with Crippen LogP contribution in [0.5, 0.6) is 0 Å². The number of rotatable bonds is 6. The number of likely N-dealkylation sites (tertiary alicyclic amines) is 1. The molecule has 2 aromatic carbocycles. The van der Waals surface area contributed by atoms with E-state index in [9.17, 15) is 9.32 Å². The summed E-state index contributed by atoms with van der Waals surface area (Å²) in [5, 5.41) is 10.5. The molecule has 1 aliphatic heterocycles. The lowest BCUT2D eigenvalue weighted by Crippen LogP contribution is -2.30. The van der Waals surface area contributed by atoms with E-state index in [0.717, 1.165) is 36.4 Å². The van der Waals surface area contributed by atoms with Crippen molar-refractivity contribution in [2.45, 2.75) is 42.8 Å². The Morgan fingerprint density at radius 3 is 2.54 bits per heavy atom. The summed E-state index contributed by atoms with van der Waals surface area (Å²) >= 11 is 0. The van der Waals surface area contributed by atoms with Gasteiger partial charge in [-0.15, -0.1) is 0 Å². The lowest BCUT2D eigenvalue weighted by Gasteiger charge is -2.26. The van der Waals surface area contributed by atoms with Gasteiger partial charge in [0.05, 0.1) is 6.10 Å². The molecule has 1 fully saturated rings. The highest BCUT2D eigenvalue weighted by Gasteiger charge is 2.27. The summed E-state index contributed by atoms with van der Waals surface area (Å²) in [6.45, 7) is 1.97. The lowest BCUT2D eigenvalue weighted by atomic mass is 10.0. The Labute approximate surface area is 146 Å². The maximum atomic E-state index is 11.5. The maximum Gasteiger partial charge on any atom is 0.0805 e. The highest BCUT2D eigenvalue weighted by molar-refractivity contribution is 7.84. The Bertz CT molecular complexity index is 672. The molecule has 2 aromatic rings. The van der Waals surface area contributed by atoms with Gasteiger partial charge >= 0.3 is 0 Å². The van der Waals surface area contributed by atoms with Crippen molar-refractivity contribution in [3.8, 4) is 0 Å². The highest BCUT2D eigenvalue weighted by Crippen LogP contribution is 2.28. The molecule has 0 saturated carbocycles. The molecule has 0 spiro atoms. The van der Waals surface area contributed by atoms with E-state index in [0.29, 0.717) is 6.04 Å². The van der Waals surface area contributed by atoms with Crippen LogP contribution in [0.15, 0.2) is 59.5 Å². The number of hydrogen-bond donors (Lipinski definition) is 1. The smallest absolute Gasteiger partial charge is 0.0805 e. The summed E-state index contributed by atoms with van der Waals surface area (Å²) in [4.78, 5) is 3.33. The molecular formula is C20H25NO2S. The third-order valence-corrected chi connectivity index (χ3v) is 5.76. The van der Waals surface area contributed by atoms with Gasteiger partial charge in [-0.3, -0.25) is 9.11 Å². The molecule has 128 valence electrons. The number of aliphatic hydroxyl groups is 1. The molecule has 0 radical (unpaired) electrons. The molecule has 4 heteroatoms. The van der Waals surface area contributed by atoms with Crippen LogP contribution < -0.4 is 0 Å². The molecule has 0 bridgehead atoms. The molecule has 3 nitrogen and oxygen atoms in total. The second-order valence-corrected chi connectivity index (χ2v) is 7.91. The van der Waals surface area contributed by atoms with Gasteiger partial charge < -0.3 is 5.11 Å². The van der Waals surface area contributed by atoms with Crippen LogP contribution in [0.3, 0.4) is 0 Å². The summed E-state index contributed by atoms with van der Waals surface area (Å²) < 4.78 is 11.5. The molecule has 3 unspecified atom stereocenters. The molecule has 3 rings (SSSR count). The van der Waals surface area contributed by atoms with E-state index in [1.54, 1.807) is 6.26 Å². The zero-order valence-corrected chi connectivity index (χ0v) is 14.9. The van der Waals surface area contributed by atoms with Crippen molar-refractivity contribution < 1.29 is 9.32 Å². The van der Waals surface area contributed by atoms with Crippen molar-refractivity contribution in [1.29, 1.82) is 0 Å². The summed E-state index contributed by atoms with van der Waals surface area (Å²) in [6, 6.07) is 18.4. The van der Waals surface area contributed by atoms with Gasteiger partial charge in [-0.1, -0.05) is 42.5 Å². The summed E-state index contributed by atoms with van der Waals surface area (Å²) in [6.07, 6.45) is 4.41. The van der Waals surface area contributed by atoms with E-state index >= 15 is 0 Å². The molecule has 1 aliphatic rings. The highest BCUT2D eigenvalue weighted by atomic mass is 32.2. The molecule has 1 heterocycles. The molecule has 0 amide bonds. The fourth-order valence-electron chi connectivity index (χ4n) is 3.46. The van der Waals surface area contributed by atoms with Crippen LogP contribution >= 0.6 is 0 Å². The first-order valence-corrected chi connectivity index (χ1v) is 10.1. The largest absolute Gasteiger partial charge is 0.388 e. The minimum absolute atomic E-state index is 0.401. The van der Waals surface area contributed by atoms with Gasteiger partial charge in [0, 0.05) is 34.5 Å². The van der Waals surface area contributed by atoms with Crippen LogP contribution in [0.4, 0.5) is 0 Å². The van der Waals surface area contributed by atoms with Crippen LogP contribution in [0.1, 0.15) is 36.5 Å². The third kappa shape index (κ3) is 4.32. The minimum atomic E-state index is -0.924. The molecular weight excluding hydrogens is 318 g/mol. The predicted molar refractivity (Wildman–Crippen MR) is 98.2 cm³/mol. The normalized spacial score (nSPS) is 20.8. The topological polar surface area (TPSA) is 40.5 Å². The summed E-state index contributed by atoms with van der Waals surface area (Å²) in [5.74, 6) is 0. The van der Waals surface area contributed by atoms with Crippen LogP contribution in [-0.2, 0) is 17.3 Å². The van der Waals surface area contributed by atoms with E-state index in [1.807, 2.05) is 42.5 Å². The van der Waals surface area contributed by atoms with Gasteiger partial charge in [0.1, 0.15) is 0 Å². The quantitative estimate of drug-likeness (QED) is 0.872. The maximum absolute atomic E-state index is 11.5. The van der Waals surface area contributed by atoms with E-state index in [1.165, 1.54) is 12.0 Å². The second-order valence-electron chi connectivity index (χ2n) is 6.53. The van der Waals surface area contributed by atoms with Gasteiger partial charge in [-0.25, -0.2) is 0 Å². The summed E-state index contributed by atoms with van der Waals surface area (Å²) in [7, 11) is -0.924. The number of aliphatic hydroxyl groups excluding tert-OH is 1. The van der Waals surface area contributed by atoms with Crippen LogP contribution in [-0.4, -0.2) is 33.1 Å². The molecule has 24 heavy (non-hydrogen) atoms. The van der Waals surface area contributed by atoms with Gasteiger partial charge in [0.2, 0.25) is 0 Å². The third-order valence-electron chi connectivity index (χ3n) is 4.82. The monoisotopic (exact) mass is 343 g/mol. The Morgan fingerprint density at radius 2 is 1.88 bits per heavy atom. The van der Waals surface area contributed by atoms with Gasteiger partial charge in [-0.05, 0) is 49.1 Å². The standard InChI is InChI=1S/C20H25NO2S/c1-24(23)19-11-9-16(10-12-19)15-21-13-5-8-18(21)14-20(22)17-6-3-2-4-7-17/h2-4,6-7,9-12,18,20,22H,5,8,13-15H2,1H3. The van der Waals surface area contributed by atoms with Gasteiger partial charge in [0.15, 0.2) is 0 Å². The van der Waals surface area contributed by atoms with Crippen LogP contribution in [0, 0.1) is 0 Å². The molecule has 3 atom stereocenters. The Balaban J connectivity index is 1.62. The predicted octanol–water partition coefficient (Wildman–Crippen LogP) is 3.51. The van der Waals surface area contributed by atoms with E-state index in [4.69, 9.17) is 0 Å². The second kappa shape index (κ2) is 8.06. The average Bonchev–Trinajstić information content (AvgIpc) is 3.03. The zero-order chi connectivity index (χ0) is 16.9. The molecule has 0 aliphatic carbocycles. The SMILES string of the molecule is CS(=O)c1ccc(CN2CCCC2CC(O)c2ccccc2)cc1. The van der Waals surface area contributed by atoms with Crippen molar-refractivity contribution in [3.05, 3.63) is 65.7 Å². The number of nitrogens with zero attached hydrogens (tertiary/aromatic N) is 1. The van der Waals surface area contributed by atoms with Crippen molar-refractivity contribution in [2.75, 3.05) is 12.8 Å². The zero-order valence-electron chi connectivity index (χ0n) is 14.1. The van der Waals surface area contributed by atoms with E-state index in [2.05, 4.69) is 17.0 Å². The van der Waals surface area contributed by atoms with Crippen molar-refractivity contribution in [2.24, 2.45) is 0 Å². The average molecular weight is 343 g/mol. The Kier molecular flexibility index (Phi) is 5.82. The Hall–Kier alpha value is -1.49. The van der Waals surface area contributed by atoms with Gasteiger partial charge in [-0.2, -0.15) is 0 Å². The fraction of sp³-hybridized carbons (Fsp3) is 0.400. The first kappa shape index (κ1) is 17.3. The molecule has 0 aromatic heterocycles.